The second-order valence-electron chi connectivity index (χ2n) is 18.7. The number of allylic oxidation sites excluding steroid dienone is 2. The molecule has 0 saturated heterocycles. The topological polar surface area (TPSA) is 35.9 Å². The first-order chi connectivity index (χ1) is 23.0. The molecule has 2 N–H and O–H groups in total. The van der Waals surface area contributed by atoms with E-state index in [1.54, 1.807) is 6.21 Å². The molecule has 47 heavy (non-hydrogen) atoms. The maximum absolute atomic E-state index is 7.97. The third kappa shape index (κ3) is 8.64. The summed E-state index contributed by atoms with van der Waals surface area (Å²) in [5.41, 5.74) is 1.87. The van der Waals surface area contributed by atoms with E-state index in [0.717, 1.165) is 83.0 Å². The second kappa shape index (κ2) is 17.1. The standard InChI is InChI=1S/C45H78N2/c1-6-12-38(27-30(4)7-2)36-25-23-35(24-26-36)34-21-19-33(20-22-34)31(5)17-18-39(43-44-42(45(43)44)32(8-3)28-46)29-47-41-16-11-14-37-13-9-10-15-40(37)41/h21,28,30-33,35-47H,6-20,22-27,29H2,1-5H3/t30?,31?,32?,33?,35?,36?,37?,38?,39?,40?,41?,42?,43?,44-,45?/m1/s1. The van der Waals surface area contributed by atoms with Crippen molar-refractivity contribution in [3.63, 3.8) is 0 Å². The summed E-state index contributed by atoms with van der Waals surface area (Å²) in [6.45, 7) is 13.5. The van der Waals surface area contributed by atoms with E-state index in [9.17, 15) is 0 Å². The molecule has 0 amide bonds. The van der Waals surface area contributed by atoms with Crippen LogP contribution < -0.4 is 5.32 Å². The molecule has 6 aliphatic carbocycles. The van der Waals surface area contributed by atoms with E-state index in [1.165, 1.54) is 141 Å². The first kappa shape index (κ1) is 36.2. The third-order valence-corrected chi connectivity index (χ3v) is 16.2. The molecule has 0 heterocycles. The van der Waals surface area contributed by atoms with Gasteiger partial charge < -0.3 is 10.7 Å². The molecule has 0 aliphatic heterocycles. The third-order valence-electron chi connectivity index (χ3n) is 16.2. The summed E-state index contributed by atoms with van der Waals surface area (Å²) in [6, 6.07) is 0.805. The summed E-state index contributed by atoms with van der Waals surface area (Å²) < 4.78 is 0. The van der Waals surface area contributed by atoms with Crippen LogP contribution in [0.1, 0.15) is 169 Å². The Hall–Kier alpha value is -0.630. The van der Waals surface area contributed by atoms with E-state index in [1.807, 2.05) is 5.57 Å². The monoisotopic (exact) mass is 647 g/mol. The molecule has 2 heteroatoms. The molecule has 12 unspecified atom stereocenters. The van der Waals surface area contributed by atoms with Gasteiger partial charge in [-0.25, -0.2) is 0 Å². The molecular formula is C45H78N2. The number of hydrogen-bond donors (Lipinski definition) is 2. The first-order valence-electron chi connectivity index (χ1n) is 21.9. The second-order valence-corrected chi connectivity index (χ2v) is 18.7. The lowest BCUT2D eigenvalue weighted by Gasteiger charge is -2.42. The highest BCUT2D eigenvalue weighted by atomic mass is 14.9. The molecule has 268 valence electrons. The van der Waals surface area contributed by atoms with Crippen molar-refractivity contribution in [2.24, 2.45) is 82.9 Å². The Morgan fingerprint density at radius 2 is 1.55 bits per heavy atom. The van der Waals surface area contributed by atoms with E-state index in [0.29, 0.717) is 5.92 Å². The summed E-state index contributed by atoms with van der Waals surface area (Å²) in [4.78, 5) is 0. The molecule has 0 spiro atoms. The van der Waals surface area contributed by atoms with Crippen LogP contribution in [0.2, 0.25) is 0 Å². The zero-order valence-electron chi connectivity index (χ0n) is 31.9. The van der Waals surface area contributed by atoms with Gasteiger partial charge in [0.1, 0.15) is 0 Å². The van der Waals surface area contributed by atoms with Crippen molar-refractivity contribution in [2.45, 2.75) is 175 Å². The minimum Gasteiger partial charge on any atom is -0.313 e. The van der Waals surface area contributed by atoms with Gasteiger partial charge in [-0.3, -0.25) is 0 Å². The van der Waals surface area contributed by atoms with Gasteiger partial charge in [-0.1, -0.05) is 104 Å². The molecule has 5 fully saturated rings. The van der Waals surface area contributed by atoms with Gasteiger partial charge in [-0.2, -0.15) is 0 Å². The highest BCUT2D eigenvalue weighted by Gasteiger charge is 2.75. The average molecular weight is 647 g/mol. The smallest absolute Gasteiger partial charge is 0.00980 e. The quantitative estimate of drug-likeness (QED) is 0.113. The summed E-state index contributed by atoms with van der Waals surface area (Å²) in [5, 5.41) is 12.2. The van der Waals surface area contributed by atoms with Crippen LogP contribution in [0.5, 0.6) is 0 Å². The Kier molecular flexibility index (Phi) is 13.1. The first-order valence-corrected chi connectivity index (χ1v) is 21.9. The van der Waals surface area contributed by atoms with Gasteiger partial charge in [0.15, 0.2) is 0 Å². The van der Waals surface area contributed by atoms with Crippen LogP contribution in [0.15, 0.2) is 11.6 Å². The van der Waals surface area contributed by atoms with Gasteiger partial charge in [-0.05, 0) is 173 Å². The molecule has 6 rings (SSSR count). The fourth-order valence-corrected chi connectivity index (χ4v) is 12.8. The van der Waals surface area contributed by atoms with Crippen molar-refractivity contribution in [1.82, 2.24) is 5.32 Å². The Bertz CT molecular complexity index is 980. The Balaban J connectivity index is 0.975. The number of hydrogen-bond acceptors (Lipinski definition) is 2. The Labute approximate surface area is 292 Å². The van der Waals surface area contributed by atoms with Crippen LogP contribution in [0.3, 0.4) is 0 Å². The minimum atomic E-state index is 0.566. The average Bonchev–Trinajstić information content (AvgIpc) is 4.04. The van der Waals surface area contributed by atoms with Gasteiger partial charge in [0.05, 0.1) is 0 Å². The normalized spacial score (nSPS) is 39.8. The molecular weight excluding hydrogens is 569 g/mol. The van der Waals surface area contributed by atoms with Crippen molar-refractivity contribution in [2.75, 3.05) is 6.54 Å². The summed E-state index contributed by atoms with van der Waals surface area (Å²) in [7, 11) is 0. The van der Waals surface area contributed by atoms with Crippen LogP contribution in [-0.4, -0.2) is 18.8 Å². The lowest BCUT2D eigenvalue weighted by molar-refractivity contribution is 0.118. The van der Waals surface area contributed by atoms with Gasteiger partial charge in [0, 0.05) is 6.04 Å². The predicted octanol–water partition coefficient (Wildman–Crippen LogP) is 12.5. The Morgan fingerprint density at radius 3 is 2.23 bits per heavy atom. The molecule has 0 aromatic rings. The van der Waals surface area contributed by atoms with E-state index in [-0.39, 0.29) is 0 Å². The molecule has 0 aromatic carbocycles. The molecule has 6 aliphatic rings. The maximum Gasteiger partial charge on any atom is 0.00980 e. The summed E-state index contributed by atoms with van der Waals surface area (Å²) in [5.74, 6) is 12.8. The van der Waals surface area contributed by atoms with E-state index < -0.39 is 0 Å². The number of rotatable bonds is 18. The minimum absolute atomic E-state index is 0.566. The SMILES string of the molecule is CCCC(CC(C)CC)C1CCC(C2=CCC(C(C)CCC(CNC3CCCC4CCCCC43)C3C4C(C(C=N)CC)[C@H]34)CC2)CC1. The van der Waals surface area contributed by atoms with Crippen molar-refractivity contribution < 1.29 is 0 Å². The van der Waals surface area contributed by atoms with Gasteiger partial charge in [-0.15, -0.1) is 0 Å². The number of nitrogens with one attached hydrogen (secondary N) is 2. The molecule has 13 atom stereocenters. The lowest BCUT2D eigenvalue weighted by atomic mass is 9.68. The van der Waals surface area contributed by atoms with Crippen molar-refractivity contribution in [1.29, 1.82) is 5.41 Å². The van der Waals surface area contributed by atoms with Crippen LogP contribution in [0.4, 0.5) is 0 Å². The lowest BCUT2D eigenvalue weighted by Crippen LogP contribution is -2.46. The largest absolute Gasteiger partial charge is 0.313 e. The fourth-order valence-electron chi connectivity index (χ4n) is 12.8. The number of fused-ring (bicyclic) bond motifs is 2. The Morgan fingerprint density at radius 1 is 0.787 bits per heavy atom. The molecule has 0 bridgehead atoms. The zero-order valence-corrected chi connectivity index (χ0v) is 31.9. The maximum atomic E-state index is 7.97. The van der Waals surface area contributed by atoms with Crippen molar-refractivity contribution in [3.8, 4) is 0 Å². The van der Waals surface area contributed by atoms with Crippen LogP contribution in [0, 0.1) is 88.3 Å². The summed E-state index contributed by atoms with van der Waals surface area (Å²) >= 11 is 0. The van der Waals surface area contributed by atoms with Crippen molar-refractivity contribution in [3.05, 3.63) is 11.6 Å². The molecule has 5 saturated carbocycles. The highest BCUT2D eigenvalue weighted by molar-refractivity contribution is 5.59. The molecule has 0 radical (unpaired) electrons. The van der Waals surface area contributed by atoms with E-state index in [4.69, 9.17) is 5.41 Å². The van der Waals surface area contributed by atoms with Gasteiger partial charge >= 0.3 is 0 Å². The van der Waals surface area contributed by atoms with Gasteiger partial charge in [0.2, 0.25) is 0 Å². The van der Waals surface area contributed by atoms with E-state index >= 15 is 0 Å². The van der Waals surface area contributed by atoms with Crippen LogP contribution in [0.25, 0.3) is 0 Å². The highest BCUT2D eigenvalue weighted by Crippen LogP contribution is 2.78. The van der Waals surface area contributed by atoms with Gasteiger partial charge in [0.25, 0.3) is 0 Å². The summed E-state index contributed by atoms with van der Waals surface area (Å²) in [6.07, 6.45) is 34.9. The van der Waals surface area contributed by atoms with E-state index in [2.05, 4.69) is 46.0 Å². The molecule has 0 aromatic heterocycles. The van der Waals surface area contributed by atoms with Crippen LogP contribution in [-0.2, 0) is 0 Å². The fraction of sp³-hybridized carbons (Fsp3) is 0.933. The van der Waals surface area contributed by atoms with Crippen molar-refractivity contribution >= 4 is 6.21 Å². The molecule has 2 nitrogen and oxygen atoms in total. The van der Waals surface area contributed by atoms with Crippen LogP contribution >= 0.6 is 0 Å². The zero-order chi connectivity index (χ0) is 32.9. The predicted molar refractivity (Wildman–Crippen MR) is 203 cm³/mol.